The first-order valence-corrected chi connectivity index (χ1v) is 4.60. The molecule has 0 saturated heterocycles. The van der Waals surface area contributed by atoms with E-state index in [2.05, 4.69) is 6.58 Å². The van der Waals surface area contributed by atoms with E-state index in [1.807, 2.05) is 19.1 Å². The number of aliphatic hydroxyl groups is 1. The highest BCUT2D eigenvalue weighted by molar-refractivity contribution is 5.96. The second-order valence-corrected chi connectivity index (χ2v) is 3.74. The van der Waals surface area contributed by atoms with Gasteiger partial charge in [-0.3, -0.25) is 4.79 Å². The van der Waals surface area contributed by atoms with Crippen LogP contribution in [0.25, 0.3) is 0 Å². The van der Waals surface area contributed by atoms with E-state index < -0.39 is 5.60 Å². The van der Waals surface area contributed by atoms with E-state index in [-0.39, 0.29) is 5.78 Å². The van der Waals surface area contributed by atoms with E-state index in [0.29, 0.717) is 0 Å². The Bertz CT molecular complexity index is 265. The summed E-state index contributed by atoms with van der Waals surface area (Å²) in [6.07, 6.45) is 7.75. The van der Waals surface area contributed by atoms with Crippen LogP contribution in [0.1, 0.15) is 27.2 Å². The maximum atomic E-state index is 11.3. The van der Waals surface area contributed by atoms with Crippen LogP contribution < -0.4 is 0 Å². The molecule has 0 saturated carbocycles. The molecule has 0 radical (unpaired) electrons. The van der Waals surface area contributed by atoms with Gasteiger partial charge in [0.2, 0.25) is 0 Å². The van der Waals surface area contributed by atoms with Gasteiger partial charge in [0.25, 0.3) is 0 Å². The van der Waals surface area contributed by atoms with Gasteiger partial charge in [-0.1, -0.05) is 18.2 Å². The van der Waals surface area contributed by atoms with E-state index in [0.717, 1.165) is 12.0 Å². The zero-order valence-electron chi connectivity index (χ0n) is 9.08. The molecule has 1 N–H and O–H groups in total. The molecule has 0 unspecified atom stereocenters. The molecule has 0 aromatic heterocycles. The first-order valence-electron chi connectivity index (χ1n) is 4.60. The average molecular weight is 194 g/mol. The van der Waals surface area contributed by atoms with Crippen LogP contribution in [0.4, 0.5) is 0 Å². The molecule has 0 amide bonds. The van der Waals surface area contributed by atoms with Crippen molar-refractivity contribution in [3.05, 3.63) is 36.5 Å². The smallest absolute Gasteiger partial charge is 0.186 e. The molecule has 0 spiro atoms. The highest BCUT2D eigenvalue weighted by atomic mass is 16.3. The molecular formula is C12H18O2. The minimum atomic E-state index is -1.28. The van der Waals surface area contributed by atoms with Crippen molar-refractivity contribution in [2.75, 3.05) is 0 Å². The van der Waals surface area contributed by atoms with Crippen LogP contribution in [0.5, 0.6) is 0 Å². The van der Waals surface area contributed by atoms with Crippen LogP contribution in [0.2, 0.25) is 0 Å². The molecule has 0 aliphatic heterocycles. The zero-order valence-corrected chi connectivity index (χ0v) is 9.08. The summed E-state index contributed by atoms with van der Waals surface area (Å²) in [6, 6.07) is 0. The first-order chi connectivity index (χ1) is 6.38. The molecule has 0 aliphatic carbocycles. The summed E-state index contributed by atoms with van der Waals surface area (Å²) in [5, 5.41) is 9.37. The Morgan fingerprint density at radius 2 is 2.07 bits per heavy atom. The van der Waals surface area contributed by atoms with Crippen molar-refractivity contribution in [1.29, 1.82) is 0 Å². The minimum absolute atomic E-state index is 0.279. The van der Waals surface area contributed by atoms with Gasteiger partial charge in [-0.15, -0.1) is 6.58 Å². The Labute approximate surface area is 85.6 Å². The Morgan fingerprint density at radius 3 is 2.50 bits per heavy atom. The predicted molar refractivity (Wildman–Crippen MR) is 59.0 cm³/mol. The Hall–Kier alpha value is -1.15. The molecule has 0 bridgehead atoms. The third-order valence-electron chi connectivity index (χ3n) is 1.65. The lowest BCUT2D eigenvalue weighted by molar-refractivity contribution is -0.128. The number of hydrogen-bond acceptors (Lipinski definition) is 2. The van der Waals surface area contributed by atoms with Crippen molar-refractivity contribution in [2.45, 2.75) is 32.8 Å². The molecule has 78 valence electrons. The summed E-state index contributed by atoms with van der Waals surface area (Å²) in [6.45, 7) is 8.36. The molecule has 0 atom stereocenters. The van der Waals surface area contributed by atoms with E-state index >= 15 is 0 Å². The Morgan fingerprint density at radius 1 is 1.50 bits per heavy atom. The van der Waals surface area contributed by atoms with Crippen LogP contribution in [-0.2, 0) is 4.79 Å². The number of carbonyl (C=O) groups excluding carboxylic acids is 1. The molecular weight excluding hydrogens is 176 g/mol. The predicted octanol–water partition coefficient (Wildman–Crippen LogP) is 2.41. The highest BCUT2D eigenvalue weighted by Crippen LogP contribution is 2.06. The first kappa shape index (κ1) is 12.8. The topological polar surface area (TPSA) is 37.3 Å². The Kier molecular flexibility index (Phi) is 5.10. The third kappa shape index (κ3) is 5.49. The van der Waals surface area contributed by atoms with Crippen LogP contribution in [-0.4, -0.2) is 16.5 Å². The standard InChI is InChI=1S/C12H18O2/c1-5-6-7-8-10(2)9-11(13)12(3,4)14/h5,7-9,14H,1,6H2,2-4H3/b8-7+,10-9+. The normalized spacial score (nSPS) is 13.3. The summed E-state index contributed by atoms with van der Waals surface area (Å²) in [7, 11) is 0. The largest absolute Gasteiger partial charge is 0.382 e. The number of hydrogen-bond donors (Lipinski definition) is 1. The lowest BCUT2D eigenvalue weighted by atomic mass is 10.0. The van der Waals surface area contributed by atoms with Crippen molar-refractivity contribution >= 4 is 5.78 Å². The van der Waals surface area contributed by atoms with Crippen molar-refractivity contribution in [3.8, 4) is 0 Å². The van der Waals surface area contributed by atoms with Crippen molar-refractivity contribution in [3.63, 3.8) is 0 Å². The van der Waals surface area contributed by atoms with Gasteiger partial charge >= 0.3 is 0 Å². The molecule has 0 heterocycles. The van der Waals surface area contributed by atoms with Crippen LogP contribution in [0.15, 0.2) is 36.5 Å². The third-order valence-corrected chi connectivity index (χ3v) is 1.65. The summed E-state index contributed by atoms with van der Waals surface area (Å²) in [5.74, 6) is -0.279. The van der Waals surface area contributed by atoms with Crippen LogP contribution in [0.3, 0.4) is 0 Å². The monoisotopic (exact) mass is 194 g/mol. The quantitative estimate of drug-likeness (QED) is 0.414. The van der Waals surface area contributed by atoms with E-state index in [4.69, 9.17) is 0 Å². The molecule has 0 rings (SSSR count). The molecule has 0 aromatic rings. The van der Waals surface area contributed by atoms with Crippen molar-refractivity contribution in [1.82, 2.24) is 0 Å². The molecule has 14 heavy (non-hydrogen) atoms. The van der Waals surface area contributed by atoms with Gasteiger partial charge in [0, 0.05) is 0 Å². The molecule has 2 nitrogen and oxygen atoms in total. The Balaban J connectivity index is 4.38. The van der Waals surface area contributed by atoms with Gasteiger partial charge in [0.15, 0.2) is 5.78 Å². The van der Waals surface area contributed by atoms with Gasteiger partial charge in [0.05, 0.1) is 0 Å². The summed E-state index contributed by atoms with van der Waals surface area (Å²) in [5.41, 5.74) is -0.452. The zero-order chi connectivity index (χ0) is 11.2. The van der Waals surface area contributed by atoms with E-state index in [1.165, 1.54) is 19.9 Å². The van der Waals surface area contributed by atoms with Gasteiger partial charge in [0.1, 0.15) is 5.60 Å². The second kappa shape index (κ2) is 5.55. The fraction of sp³-hybridized carbons (Fsp3) is 0.417. The number of carbonyl (C=O) groups is 1. The maximum absolute atomic E-state index is 11.3. The lowest BCUT2D eigenvalue weighted by Crippen LogP contribution is -2.29. The summed E-state index contributed by atoms with van der Waals surface area (Å²) < 4.78 is 0. The SMILES string of the molecule is C=CC/C=C/C(C)=C/C(=O)C(C)(C)O. The van der Waals surface area contributed by atoms with Gasteiger partial charge in [-0.2, -0.15) is 0 Å². The molecule has 0 aliphatic rings. The summed E-state index contributed by atoms with van der Waals surface area (Å²) >= 11 is 0. The van der Waals surface area contributed by atoms with Crippen molar-refractivity contribution in [2.24, 2.45) is 0 Å². The van der Waals surface area contributed by atoms with E-state index in [9.17, 15) is 9.90 Å². The lowest BCUT2D eigenvalue weighted by Gasteiger charge is -2.12. The molecule has 0 fully saturated rings. The second-order valence-electron chi connectivity index (χ2n) is 3.74. The van der Waals surface area contributed by atoms with Gasteiger partial charge < -0.3 is 5.11 Å². The van der Waals surface area contributed by atoms with Crippen LogP contribution in [0, 0.1) is 0 Å². The maximum Gasteiger partial charge on any atom is 0.186 e. The average Bonchev–Trinajstić information content (AvgIpc) is 2.03. The van der Waals surface area contributed by atoms with Gasteiger partial charge in [-0.25, -0.2) is 0 Å². The van der Waals surface area contributed by atoms with Gasteiger partial charge in [-0.05, 0) is 38.8 Å². The fourth-order valence-corrected chi connectivity index (χ4v) is 0.782. The number of allylic oxidation sites excluding steroid dienone is 4. The highest BCUT2D eigenvalue weighted by Gasteiger charge is 2.20. The molecule has 2 heteroatoms. The van der Waals surface area contributed by atoms with E-state index in [1.54, 1.807) is 6.08 Å². The number of ketones is 1. The fourth-order valence-electron chi connectivity index (χ4n) is 0.782. The van der Waals surface area contributed by atoms with Crippen LogP contribution >= 0.6 is 0 Å². The number of rotatable bonds is 5. The summed E-state index contributed by atoms with van der Waals surface area (Å²) in [4.78, 5) is 11.3. The molecule has 0 aromatic carbocycles. The minimum Gasteiger partial charge on any atom is -0.382 e. The van der Waals surface area contributed by atoms with Crippen molar-refractivity contribution < 1.29 is 9.90 Å².